The summed E-state index contributed by atoms with van der Waals surface area (Å²) in [6, 6.07) is 4.73. The molecule has 0 aliphatic heterocycles. The highest BCUT2D eigenvalue weighted by Crippen LogP contribution is 2.16. The average molecular weight is 247 g/mol. The Balaban J connectivity index is 2.13. The highest BCUT2D eigenvalue weighted by molar-refractivity contribution is 5.86. The number of aromatic nitrogens is 3. The lowest BCUT2D eigenvalue weighted by molar-refractivity contribution is 0.0690. The molecule has 0 unspecified atom stereocenters. The van der Waals surface area contributed by atoms with Crippen molar-refractivity contribution in [2.75, 3.05) is 11.1 Å². The number of nitrogen functional groups attached to an aromatic ring is 1. The fraction of sp³-hybridized carbons (Fsp3) is 0.182. The molecule has 2 heterocycles. The summed E-state index contributed by atoms with van der Waals surface area (Å²) in [6.07, 6.45) is 1.82. The van der Waals surface area contributed by atoms with E-state index in [1.165, 1.54) is 12.1 Å². The molecule has 0 aromatic carbocycles. The maximum absolute atomic E-state index is 10.8. The Kier molecular flexibility index (Phi) is 3.13. The number of pyridine rings is 1. The van der Waals surface area contributed by atoms with Crippen LogP contribution < -0.4 is 11.1 Å². The molecule has 0 aliphatic carbocycles. The Morgan fingerprint density at radius 3 is 2.89 bits per heavy atom. The van der Waals surface area contributed by atoms with Crippen LogP contribution in [-0.2, 0) is 13.6 Å². The van der Waals surface area contributed by atoms with Gasteiger partial charge in [-0.3, -0.25) is 4.68 Å². The van der Waals surface area contributed by atoms with Gasteiger partial charge < -0.3 is 16.2 Å². The average Bonchev–Trinajstić information content (AvgIpc) is 2.74. The van der Waals surface area contributed by atoms with Gasteiger partial charge in [-0.1, -0.05) is 0 Å². The monoisotopic (exact) mass is 247 g/mol. The van der Waals surface area contributed by atoms with Crippen LogP contribution in [-0.4, -0.2) is 25.8 Å². The van der Waals surface area contributed by atoms with E-state index in [9.17, 15) is 4.79 Å². The van der Waals surface area contributed by atoms with Crippen LogP contribution in [0.5, 0.6) is 0 Å². The van der Waals surface area contributed by atoms with E-state index in [-0.39, 0.29) is 5.69 Å². The fourth-order valence-electron chi connectivity index (χ4n) is 1.46. The van der Waals surface area contributed by atoms with Crippen LogP contribution in [0.4, 0.5) is 11.5 Å². The fourth-order valence-corrected chi connectivity index (χ4v) is 1.46. The van der Waals surface area contributed by atoms with Crippen LogP contribution in [0.15, 0.2) is 24.4 Å². The number of anilines is 2. The van der Waals surface area contributed by atoms with Crippen LogP contribution in [0.25, 0.3) is 0 Å². The first-order valence-electron chi connectivity index (χ1n) is 5.28. The van der Waals surface area contributed by atoms with Crippen molar-refractivity contribution < 1.29 is 9.90 Å². The van der Waals surface area contributed by atoms with Crippen molar-refractivity contribution in [3.8, 4) is 0 Å². The van der Waals surface area contributed by atoms with E-state index in [0.717, 1.165) is 5.69 Å². The molecule has 0 saturated heterocycles. The highest BCUT2D eigenvalue weighted by Gasteiger charge is 2.08. The summed E-state index contributed by atoms with van der Waals surface area (Å²) in [5.41, 5.74) is 6.88. The van der Waals surface area contributed by atoms with Crippen molar-refractivity contribution >= 4 is 17.5 Å². The van der Waals surface area contributed by atoms with Crippen LogP contribution in [0.1, 0.15) is 16.2 Å². The molecule has 0 spiro atoms. The predicted molar refractivity (Wildman–Crippen MR) is 66.1 cm³/mol. The van der Waals surface area contributed by atoms with E-state index in [2.05, 4.69) is 15.4 Å². The van der Waals surface area contributed by atoms with Gasteiger partial charge >= 0.3 is 5.97 Å². The summed E-state index contributed by atoms with van der Waals surface area (Å²) < 4.78 is 1.68. The predicted octanol–water partition coefficient (Wildman–Crippen LogP) is 0.708. The smallest absolute Gasteiger partial charge is 0.354 e. The second kappa shape index (κ2) is 4.74. The van der Waals surface area contributed by atoms with Crippen molar-refractivity contribution in [3.05, 3.63) is 35.8 Å². The number of aromatic carboxylic acids is 1. The van der Waals surface area contributed by atoms with Crippen LogP contribution in [0.3, 0.4) is 0 Å². The van der Waals surface area contributed by atoms with Gasteiger partial charge in [-0.15, -0.1) is 0 Å². The van der Waals surface area contributed by atoms with E-state index in [1.807, 2.05) is 19.3 Å². The maximum atomic E-state index is 10.8. The second-order valence-electron chi connectivity index (χ2n) is 3.77. The van der Waals surface area contributed by atoms with Crippen LogP contribution >= 0.6 is 0 Å². The summed E-state index contributed by atoms with van der Waals surface area (Å²) in [5, 5.41) is 16.0. The zero-order valence-electron chi connectivity index (χ0n) is 9.79. The molecule has 7 heteroatoms. The molecule has 4 N–H and O–H groups in total. The van der Waals surface area contributed by atoms with Gasteiger partial charge in [0.05, 0.1) is 17.9 Å². The number of carbonyl (C=O) groups is 1. The quantitative estimate of drug-likeness (QED) is 0.734. The number of aryl methyl sites for hydroxylation is 1. The number of hydrogen-bond donors (Lipinski definition) is 3. The summed E-state index contributed by atoms with van der Waals surface area (Å²) in [5.74, 6) is -0.739. The van der Waals surface area contributed by atoms with Gasteiger partial charge in [0.25, 0.3) is 0 Å². The molecule has 2 aromatic heterocycles. The van der Waals surface area contributed by atoms with Gasteiger partial charge in [-0.25, -0.2) is 9.78 Å². The zero-order chi connectivity index (χ0) is 13.1. The topological polar surface area (TPSA) is 106 Å². The number of rotatable bonds is 4. The molecule has 0 aliphatic rings. The Morgan fingerprint density at radius 2 is 2.28 bits per heavy atom. The molecule has 0 saturated carbocycles. The SMILES string of the molecule is Cn1ccc(CNc2nc(C(=O)O)ccc2N)n1. The molecule has 0 bridgehead atoms. The second-order valence-corrected chi connectivity index (χ2v) is 3.77. The molecule has 7 nitrogen and oxygen atoms in total. The van der Waals surface area contributed by atoms with Gasteiger partial charge in [0.1, 0.15) is 0 Å². The number of nitrogens with zero attached hydrogens (tertiary/aromatic N) is 3. The molecule has 2 aromatic rings. The molecule has 0 amide bonds. The summed E-state index contributed by atoms with van der Waals surface area (Å²) in [7, 11) is 1.82. The number of nitrogens with one attached hydrogen (secondary N) is 1. The van der Waals surface area contributed by atoms with Gasteiger partial charge in [-0.05, 0) is 18.2 Å². The molecule has 0 radical (unpaired) electrons. The van der Waals surface area contributed by atoms with E-state index >= 15 is 0 Å². The minimum absolute atomic E-state index is 0.0484. The van der Waals surface area contributed by atoms with Crippen LogP contribution in [0.2, 0.25) is 0 Å². The third-order valence-corrected chi connectivity index (χ3v) is 2.35. The minimum Gasteiger partial charge on any atom is -0.477 e. The van der Waals surface area contributed by atoms with Gasteiger partial charge in [0, 0.05) is 13.2 Å². The first-order chi connectivity index (χ1) is 8.56. The molecule has 0 fully saturated rings. The lowest BCUT2D eigenvalue weighted by Gasteiger charge is -2.07. The first-order valence-corrected chi connectivity index (χ1v) is 5.28. The van der Waals surface area contributed by atoms with Crippen molar-refractivity contribution in [2.45, 2.75) is 6.54 Å². The largest absolute Gasteiger partial charge is 0.477 e. The lowest BCUT2D eigenvalue weighted by atomic mass is 10.3. The highest BCUT2D eigenvalue weighted by atomic mass is 16.4. The maximum Gasteiger partial charge on any atom is 0.354 e. The standard InChI is InChI=1S/C11H13N5O2/c1-16-5-4-7(15-16)6-13-10-8(12)2-3-9(14-10)11(17)18/h2-5H,6,12H2,1H3,(H,13,14)(H,17,18). The van der Waals surface area contributed by atoms with E-state index in [1.54, 1.807) is 4.68 Å². The third-order valence-electron chi connectivity index (χ3n) is 2.35. The molecular weight excluding hydrogens is 234 g/mol. The molecule has 0 atom stereocenters. The van der Waals surface area contributed by atoms with Gasteiger partial charge in [0.2, 0.25) is 0 Å². The normalized spacial score (nSPS) is 10.3. The zero-order valence-corrected chi connectivity index (χ0v) is 9.79. The number of hydrogen-bond acceptors (Lipinski definition) is 5. The van der Waals surface area contributed by atoms with Crippen molar-refractivity contribution in [3.63, 3.8) is 0 Å². The number of carboxylic acids is 1. The Hall–Kier alpha value is -2.57. The molecule has 18 heavy (non-hydrogen) atoms. The van der Waals surface area contributed by atoms with E-state index < -0.39 is 5.97 Å². The van der Waals surface area contributed by atoms with E-state index in [0.29, 0.717) is 18.1 Å². The molecule has 94 valence electrons. The Morgan fingerprint density at radius 1 is 1.50 bits per heavy atom. The van der Waals surface area contributed by atoms with Crippen LogP contribution in [0, 0.1) is 0 Å². The van der Waals surface area contributed by atoms with E-state index in [4.69, 9.17) is 10.8 Å². The first kappa shape index (κ1) is 11.9. The summed E-state index contributed by atoms with van der Waals surface area (Å²) in [4.78, 5) is 14.7. The van der Waals surface area contributed by atoms with Crippen molar-refractivity contribution in [1.82, 2.24) is 14.8 Å². The number of nitrogens with two attached hydrogens (primary N) is 1. The number of carboxylic acid groups (broad SMARTS) is 1. The van der Waals surface area contributed by atoms with Gasteiger partial charge in [0.15, 0.2) is 11.5 Å². The summed E-state index contributed by atoms with van der Waals surface area (Å²) in [6.45, 7) is 0.432. The minimum atomic E-state index is -1.09. The Bertz CT molecular complexity index is 579. The van der Waals surface area contributed by atoms with Gasteiger partial charge in [-0.2, -0.15) is 5.10 Å². The molecule has 2 rings (SSSR count). The Labute approximate surface area is 103 Å². The lowest BCUT2D eigenvalue weighted by Crippen LogP contribution is -2.09. The molecular formula is C11H13N5O2. The summed E-state index contributed by atoms with van der Waals surface area (Å²) >= 11 is 0. The van der Waals surface area contributed by atoms with Crippen molar-refractivity contribution in [2.24, 2.45) is 7.05 Å². The van der Waals surface area contributed by atoms with Crippen molar-refractivity contribution in [1.29, 1.82) is 0 Å². The third kappa shape index (κ3) is 2.57.